The van der Waals surface area contributed by atoms with Gasteiger partial charge in [-0.05, 0) is 37.8 Å². The highest BCUT2D eigenvalue weighted by molar-refractivity contribution is 5.85. The molecule has 1 aromatic heterocycles. The van der Waals surface area contributed by atoms with Crippen LogP contribution in [0.3, 0.4) is 0 Å². The Hall–Kier alpha value is -4.28. The smallest absolute Gasteiger partial charge is 0.414 e. The Morgan fingerprint density at radius 2 is 1.82 bits per heavy atom. The topological polar surface area (TPSA) is 111 Å². The van der Waals surface area contributed by atoms with Crippen molar-refractivity contribution in [3.05, 3.63) is 71.3 Å². The number of nitrogens with zero attached hydrogens (tertiary/aromatic N) is 2. The lowest BCUT2D eigenvalue weighted by Gasteiger charge is -2.28. The molecule has 2 aromatic carbocycles. The second-order valence-electron chi connectivity index (χ2n) is 8.91. The first-order chi connectivity index (χ1) is 18.7. The number of carbonyl (C=O) groups excluding carboxylic acids is 3. The molecule has 208 valence electrons. The van der Waals surface area contributed by atoms with Gasteiger partial charge in [-0.3, -0.25) is 14.9 Å². The maximum absolute atomic E-state index is 14.0. The minimum absolute atomic E-state index is 0.00247. The first-order valence-electron chi connectivity index (χ1n) is 12.4. The van der Waals surface area contributed by atoms with Gasteiger partial charge in [-0.2, -0.15) is 0 Å². The van der Waals surface area contributed by atoms with Gasteiger partial charge >= 0.3 is 12.1 Å². The van der Waals surface area contributed by atoms with E-state index in [9.17, 15) is 23.2 Å². The summed E-state index contributed by atoms with van der Waals surface area (Å²) in [5, 5.41) is 6.54. The normalized spacial score (nSPS) is 11.5. The van der Waals surface area contributed by atoms with Crippen LogP contribution in [0.5, 0.6) is 0 Å². The van der Waals surface area contributed by atoms with E-state index in [1.165, 1.54) is 31.2 Å². The van der Waals surface area contributed by atoms with Crippen molar-refractivity contribution in [3.63, 3.8) is 0 Å². The monoisotopic (exact) mass is 543 g/mol. The molecule has 9 nitrogen and oxygen atoms in total. The van der Waals surface area contributed by atoms with E-state index in [2.05, 4.69) is 15.2 Å². The van der Waals surface area contributed by atoms with Crippen LogP contribution in [0.15, 0.2) is 53.1 Å². The molecular weight excluding hydrogens is 512 g/mol. The van der Waals surface area contributed by atoms with Gasteiger partial charge in [0.15, 0.2) is 11.6 Å². The van der Waals surface area contributed by atoms with Crippen LogP contribution in [0.1, 0.15) is 36.8 Å². The predicted octanol–water partition coefficient (Wildman–Crippen LogP) is 5.28. The quantitative estimate of drug-likeness (QED) is 0.310. The number of carbonyl (C=O) groups is 3. The number of amides is 2. The van der Waals surface area contributed by atoms with Gasteiger partial charge in [0.1, 0.15) is 12.3 Å². The predicted molar refractivity (Wildman–Crippen MR) is 139 cm³/mol. The zero-order valence-corrected chi connectivity index (χ0v) is 22.0. The summed E-state index contributed by atoms with van der Waals surface area (Å²) >= 11 is 0. The van der Waals surface area contributed by atoms with E-state index >= 15 is 0 Å². The highest BCUT2D eigenvalue weighted by atomic mass is 19.2. The average molecular weight is 544 g/mol. The molecule has 11 heteroatoms. The van der Waals surface area contributed by atoms with Gasteiger partial charge in [0.2, 0.25) is 11.8 Å². The van der Waals surface area contributed by atoms with Gasteiger partial charge in [0.05, 0.1) is 13.2 Å². The molecule has 0 saturated heterocycles. The molecule has 39 heavy (non-hydrogen) atoms. The molecule has 3 aromatic rings. The van der Waals surface area contributed by atoms with E-state index in [0.29, 0.717) is 24.1 Å². The number of aryl methyl sites for hydroxylation is 1. The molecular formula is C28H31F2N3O6. The van der Waals surface area contributed by atoms with E-state index in [-0.39, 0.29) is 43.2 Å². The van der Waals surface area contributed by atoms with Crippen molar-refractivity contribution in [3.8, 4) is 11.3 Å². The minimum Gasteiger partial charge on any atom is -0.469 e. The molecule has 0 aliphatic rings. The lowest BCUT2D eigenvalue weighted by molar-refractivity contribution is -0.140. The van der Waals surface area contributed by atoms with Crippen molar-refractivity contribution in [1.82, 2.24) is 10.1 Å². The molecule has 3 rings (SSSR count). The largest absolute Gasteiger partial charge is 0.469 e. The van der Waals surface area contributed by atoms with E-state index < -0.39 is 29.7 Å². The van der Waals surface area contributed by atoms with Crippen LogP contribution in [0.25, 0.3) is 11.3 Å². The van der Waals surface area contributed by atoms with Crippen molar-refractivity contribution >= 4 is 23.9 Å². The zero-order valence-electron chi connectivity index (χ0n) is 22.0. The summed E-state index contributed by atoms with van der Waals surface area (Å²) in [5.74, 6) is -2.60. The molecule has 1 heterocycles. The lowest BCUT2D eigenvalue weighted by atomic mass is 10.1. The number of anilines is 1. The number of benzene rings is 2. The summed E-state index contributed by atoms with van der Waals surface area (Å²) in [4.78, 5) is 38.3. The number of nitrogens with one attached hydrogen (secondary N) is 1. The molecule has 0 aliphatic heterocycles. The van der Waals surface area contributed by atoms with Gasteiger partial charge in [-0.15, -0.1) is 0 Å². The summed E-state index contributed by atoms with van der Waals surface area (Å²) in [6.07, 6.45) is -0.0731. The zero-order chi connectivity index (χ0) is 28.4. The summed E-state index contributed by atoms with van der Waals surface area (Å²) < 4.78 is 42.8. The van der Waals surface area contributed by atoms with Crippen LogP contribution < -0.4 is 5.32 Å². The van der Waals surface area contributed by atoms with Gasteiger partial charge < -0.3 is 18.9 Å². The van der Waals surface area contributed by atoms with Crippen LogP contribution in [0.2, 0.25) is 0 Å². The highest BCUT2D eigenvalue weighted by Gasteiger charge is 2.23. The number of hydrogen-bond acceptors (Lipinski definition) is 7. The van der Waals surface area contributed by atoms with Crippen molar-refractivity contribution in [1.29, 1.82) is 0 Å². The van der Waals surface area contributed by atoms with Crippen LogP contribution in [-0.4, -0.2) is 54.8 Å². The second kappa shape index (κ2) is 14.0. The van der Waals surface area contributed by atoms with Crippen LogP contribution in [0, 0.1) is 18.6 Å². The number of hydrogen-bond donors (Lipinski definition) is 1. The number of rotatable bonds is 12. The maximum atomic E-state index is 14.0. The Labute approximate surface area is 225 Å². The van der Waals surface area contributed by atoms with E-state index in [0.717, 1.165) is 11.6 Å². The standard InChI is InChI=1S/C28H31F2N3O6/c1-18-26(20-9-5-4-6-10-20)32-39-27(18)31-28(36)38-17-21(12-8-14-24(35)37-3)33(2)23(34)16-15-19-11-7-13-22(29)25(19)30/h4-7,9-11,13,21H,8,12,14-17H2,1-3H3,(H,31,36)/t21-/m0/s1. The van der Waals surface area contributed by atoms with Crippen LogP contribution in [-0.2, 0) is 25.5 Å². The number of ether oxygens (including phenoxy) is 2. The van der Waals surface area contributed by atoms with E-state index in [1.54, 1.807) is 6.92 Å². The van der Waals surface area contributed by atoms with Crippen LogP contribution >= 0.6 is 0 Å². The molecule has 0 fully saturated rings. The summed E-state index contributed by atoms with van der Waals surface area (Å²) in [5.41, 5.74) is 2.10. The third-order valence-electron chi connectivity index (χ3n) is 6.32. The molecule has 2 amide bonds. The summed E-state index contributed by atoms with van der Waals surface area (Å²) in [6.45, 7) is 1.57. The lowest BCUT2D eigenvalue weighted by Crippen LogP contribution is -2.41. The van der Waals surface area contributed by atoms with Gasteiger partial charge in [0.25, 0.3) is 0 Å². The van der Waals surface area contributed by atoms with Crippen LogP contribution in [0.4, 0.5) is 19.5 Å². The second-order valence-corrected chi connectivity index (χ2v) is 8.91. The van der Waals surface area contributed by atoms with E-state index in [1.807, 2.05) is 30.3 Å². The fraction of sp³-hybridized carbons (Fsp3) is 0.357. The SMILES string of the molecule is COC(=O)CCC[C@@H](COC(=O)Nc1onc(-c2ccccc2)c1C)N(C)C(=O)CCc1cccc(F)c1F. The average Bonchev–Trinajstić information content (AvgIpc) is 3.30. The Morgan fingerprint density at radius 1 is 1.08 bits per heavy atom. The van der Waals surface area contributed by atoms with E-state index in [4.69, 9.17) is 9.26 Å². The Bertz CT molecular complexity index is 1280. The molecule has 0 saturated carbocycles. The Kier molecular flexibility index (Phi) is 10.5. The van der Waals surface area contributed by atoms with Gasteiger partial charge in [0, 0.05) is 31.0 Å². The number of aromatic nitrogens is 1. The Balaban J connectivity index is 1.61. The molecule has 0 radical (unpaired) electrons. The minimum atomic E-state index is -0.985. The van der Waals surface area contributed by atoms with Crippen molar-refractivity contribution in [2.75, 3.05) is 26.1 Å². The third-order valence-corrected chi connectivity index (χ3v) is 6.32. The van der Waals surface area contributed by atoms with Crippen molar-refractivity contribution < 1.29 is 37.2 Å². The molecule has 0 bridgehead atoms. The summed E-state index contributed by atoms with van der Waals surface area (Å²) in [6, 6.07) is 12.5. The summed E-state index contributed by atoms with van der Waals surface area (Å²) in [7, 11) is 2.81. The highest BCUT2D eigenvalue weighted by Crippen LogP contribution is 2.27. The van der Waals surface area contributed by atoms with Crippen molar-refractivity contribution in [2.45, 2.75) is 45.1 Å². The Morgan fingerprint density at radius 3 is 2.54 bits per heavy atom. The fourth-order valence-electron chi connectivity index (χ4n) is 3.95. The fourth-order valence-corrected chi connectivity index (χ4v) is 3.95. The van der Waals surface area contributed by atoms with Gasteiger partial charge in [-0.1, -0.05) is 47.6 Å². The first-order valence-corrected chi connectivity index (χ1v) is 12.4. The number of methoxy groups -OCH3 is 1. The molecule has 1 N–H and O–H groups in total. The first kappa shape index (κ1) is 29.3. The molecule has 1 atom stereocenters. The number of halogens is 2. The molecule has 0 spiro atoms. The maximum Gasteiger partial charge on any atom is 0.414 e. The van der Waals surface area contributed by atoms with Crippen molar-refractivity contribution in [2.24, 2.45) is 0 Å². The van der Waals surface area contributed by atoms with Gasteiger partial charge in [-0.25, -0.2) is 13.6 Å². The molecule has 0 unspecified atom stereocenters. The number of esters is 1. The number of likely N-dealkylation sites (N-methyl/N-ethyl adjacent to an activating group) is 1. The molecule has 0 aliphatic carbocycles. The third kappa shape index (κ3) is 8.10.